The summed E-state index contributed by atoms with van der Waals surface area (Å²) in [7, 11) is 3.13. The first kappa shape index (κ1) is 29.1. The normalized spacial score (nSPS) is 15.0. The second-order valence-corrected chi connectivity index (χ2v) is 11.4. The molecule has 1 atom stereocenters. The summed E-state index contributed by atoms with van der Waals surface area (Å²) in [6, 6.07) is 13.1. The van der Waals surface area contributed by atoms with Gasteiger partial charge in [0.2, 0.25) is 0 Å². The molecule has 1 aliphatic heterocycles. The van der Waals surface area contributed by atoms with Gasteiger partial charge in [-0.25, -0.2) is 9.79 Å². The van der Waals surface area contributed by atoms with E-state index in [1.54, 1.807) is 50.8 Å². The second kappa shape index (κ2) is 11.5. The average Bonchev–Trinajstić information content (AvgIpc) is 3.40. The Labute approximate surface area is 248 Å². The van der Waals surface area contributed by atoms with E-state index in [-0.39, 0.29) is 17.7 Å². The number of hydrogen-bond donors (Lipinski definition) is 0. The van der Waals surface area contributed by atoms with Crippen molar-refractivity contribution in [3.8, 4) is 17.2 Å². The molecule has 0 N–H and O–H groups in total. The Morgan fingerprint density at radius 2 is 1.71 bits per heavy atom. The van der Waals surface area contributed by atoms with Gasteiger partial charge in [0, 0.05) is 22.6 Å². The second-order valence-electron chi connectivity index (χ2n) is 10.4. The van der Waals surface area contributed by atoms with Crippen LogP contribution in [0.4, 0.5) is 0 Å². The number of fused-ring (bicyclic) bond motifs is 1. The molecule has 2 aromatic heterocycles. The van der Waals surface area contributed by atoms with Crippen molar-refractivity contribution in [3.05, 3.63) is 107 Å². The van der Waals surface area contributed by atoms with Gasteiger partial charge in [0.05, 0.1) is 36.6 Å². The predicted molar refractivity (Wildman–Crippen MR) is 165 cm³/mol. The van der Waals surface area contributed by atoms with Crippen LogP contribution in [0.1, 0.15) is 53.5 Å². The standard InChI is InChI=1S/C33H35N3O5S/c1-9-41-32(38)29-21(5)34-33-36(30(29)26-17-25(39-7)10-11-27(26)40-8)31(37)28(42-33)16-23-15-20(4)35(22(23)6)24-13-18(2)12-19(3)14-24/h10-17,30H,9H2,1-8H3/b28-16+/t30-/m0/s1. The van der Waals surface area contributed by atoms with Crippen LogP contribution in [0, 0.1) is 27.7 Å². The summed E-state index contributed by atoms with van der Waals surface area (Å²) >= 11 is 1.29. The highest BCUT2D eigenvalue weighted by molar-refractivity contribution is 7.07. The van der Waals surface area contributed by atoms with Gasteiger partial charge in [-0.05, 0) is 101 Å². The highest BCUT2D eigenvalue weighted by Crippen LogP contribution is 2.38. The highest BCUT2D eigenvalue weighted by atomic mass is 32.1. The lowest BCUT2D eigenvalue weighted by molar-refractivity contribution is -0.139. The Morgan fingerprint density at radius 3 is 2.36 bits per heavy atom. The minimum absolute atomic E-state index is 0.193. The molecule has 0 aliphatic carbocycles. The molecule has 0 spiro atoms. The first-order chi connectivity index (χ1) is 20.1. The molecule has 0 bridgehead atoms. The Hall–Kier alpha value is -4.37. The number of thiazole rings is 1. The lowest BCUT2D eigenvalue weighted by Crippen LogP contribution is -2.40. The number of aryl methyl sites for hydroxylation is 3. The van der Waals surface area contributed by atoms with E-state index in [0.29, 0.717) is 32.1 Å². The number of benzene rings is 2. The molecule has 0 saturated heterocycles. The van der Waals surface area contributed by atoms with Crippen molar-refractivity contribution in [3.63, 3.8) is 0 Å². The molecule has 2 aromatic carbocycles. The molecule has 9 heteroatoms. The molecule has 0 saturated carbocycles. The van der Waals surface area contributed by atoms with Crippen LogP contribution < -0.4 is 24.4 Å². The van der Waals surface area contributed by atoms with Crippen molar-refractivity contribution >= 4 is 23.4 Å². The Bertz CT molecular complexity index is 1910. The number of ether oxygens (including phenoxy) is 3. The van der Waals surface area contributed by atoms with Crippen molar-refractivity contribution in [2.45, 2.75) is 47.6 Å². The van der Waals surface area contributed by atoms with Gasteiger partial charge in [0.15, 0.2) is 4.80 Å². The smallest absolute Gasteiger partial charge is 0.338 e. The van der Waals surface area contributed by atoms with Gasteiger partial charge < -0.3 is 18.8 Å². The van der Waals surface area contributed by atoms with E-state index in [4.69, 9.17) is 19.2 Å². The molecular weight excluding hydrogens is 550 g/mol. The lowest BCUT2D eigenvalue weighted by Gasteiger charge is -2.26. The molecule has 1 aliphatic rings. The van der Waals surface area contributed by atoms with Crippen LogP contribution >= 0.6 is 11.3 Å². The summed E-state index contributed by atoms with van der Waals surface area (Å²) in [6.45, 7) is 12.0. The van der Waals surface area contributed by atoms with Crippen LogP contribution in [0.5, 0.6) is 11.5 Å². The minimum Gasteiger partial charge on any atom is -0.497 e. The highest BCUT2D eigenvalue weighted by Gasteiger charge is 2.35. The van der Waals surface area contributed by atoms with Crippen LogP contribution in [0.15, 0.2) is 63.5 Å². The zero-order valence-corrected chi connectivity index (χ0v) is 26.0. The van der Waals surface area contributed by atoms with Gasteiger partial charge in [-0.2, -0.15) is 0 Å². The molecule has 4 aromatic rings. The van der Waals surface area contributed by atoms with Gasteiger partial charge >= 0.3 is 5.97 Å². The van der Waals surface area contributed by atoms with Gasteiger partial charge in [-0.1, -0.05) is 17.4 Å². The molecule has 218 valence electrons. The number of carbonyl (C=O) groups excluding carboxylic acids is 1. The molecule has 3 heterocycles. The Kier molecular flexibility index (Phi) is 7.97. The van der Waals surface area contributed by atoms with Crippen molar-refractivity contribution in [2.75, 3.05) is 20.8 Å². The zero-order chi connectivity index (χ0) is 30.3. The van der Waals surface area contributed by atoms with Crippen LogP contribution in [-0.4, -0.2) is 35.9 Å². The summed E-state index contributed by atoms with van der Waals surface area (Å²) in [5.41, 5.74) is 7.63. The summed E-state index contributed by atoms with van der Waals surface area (Å²) < 4.78 is 20.9. The van der Waals surface area contributed by atoms with E-state index < -0.39 is 12.0 Å². The van der Waals surface area contributed by atoms with Crippen molar-refractivity contribution < 1.29 is 19.0 Å². The van der Waals surface area contributed by atoms with Crippen molar-refractivity contribution in [1.82, 2.24) is 9.13 Å². The molecular formula is C33H35N3O5S. The number of methoxy groups -OCH3 is 2. The maximum absolute atomic E-state index is 14.2. The SMILES string of the molecule is CCOC(=O)C1=C(C)N=c2s/c(=C/c3cc(C)n(-c4cc(C)cc(C)c4)c3C)c(=O)n2[C@H]1c1cc(OC)ccc1OC. The van der Waals surface area contributed by atoms with E-state index >= 15 is 0 Å². The van der Waals surface area contributed by atoms with Gasteiger partial charge in [0.1, 0.15) is 17.5 Å². The van der Waals surface area contributed by atoms with E-state index in [2.05, 4.69) is 56.5 Å². The number of rotatable bonds is 7. The molecule has 0 unspecified atom stereocenters. The van der Waals surface area contributed by atoms with E-state index in [0.717, 1.165) is 22.6 Å². The van der Waals surface area contributed by atoms with Crippen molar-refractivity contribution in [2.24, 2.45) is 4.99 Å². The number of esters is 1. The quantitative estimate of drug-likeness (QED) is 0.290. The predicted octanol–water partition coefficient (Wildman–Crippen LogP) is 4.84. The number of allylic oxidation sites excluding steroid dienone is 1. The molecule has 5 rings (SSSR count). The number of nitrogens with zero attached hydrogens (tertiary/aromatic N) is 3. The number of hydrogen-bond acceptors (Lipinski definition) is 7. The molecule has 0 fully saturated rings. The largest absolute Gasteiger partial charge is 0.497 e. The maximum Gasteiger partial charge on any atom is 0.338 e. The topological polar surface area (TPSA) is 84.1 Å². The fraction of sp³-hybridized carbons (Fsp3) is 0.303. The first-order valence-corrected chi connectivity index (χ1v) is 14.6. The molecule has 0 radical (unpaired) electrons. The van der Waals surface area contributed by atoms with Crippen LogP contribution in [-0.2, 0) is 9.53 Å². The summed E-state index contributed by atoms with van der Waals surface area (Å²) in [5.74, 6) is 0.563. The van der Waals surface area contributed by atoms with Crippen molar-refractivity contribution in [1.29, 1.82) is 0 Å². The monoisotopic (exact) mass is 585 g/mol. The van der Waals surface area contributed by atoms with Crippen LogP contribution in [0.2, 0.25) is 0 Å². The Morgan fingerprint density at radius 1 is 1.00 bits per heavy atom. The van der Waals surface area contributed by atoms with Crippen LogP contribution in [0.3, 0.4) is 0 Å². The number of aromatic nitrogens is 2. The third kappa shape index (κ3) is 5.09. The Balaban J connectivity index is 1.74. The summed E-state index contributed by atoms with van der Waals surface area (Å²) in [6.07, 6.45) is 1.91. The van der Waals surface area contributed by atoms with Gasteiger partial charge in [-0.15, -0.1) is 0 Å². The van der Waals surface area contributed by atoms with Gasteiger partial charge in [0.25, 0.3) is 5.56 Å². The fourth-order valence-corrected chi connectivity index (χ4v) is 6.73. The summed E-state index contributed by atoms with van der Waals surface area (Å²) in [5, 5.41) is 0. The minimum atomic E-state index is -0.810. The molecule has 0 amide bonds. The lowest BCUT2D eigenvalue weighted by atomic mass is 9.94. The third-order valence-corrected chi connectivity index (χ3v) is 8.45. The average molecular weight is 586 g/mol. The molecule has 42 heavy (non-hydrogen) atoms. The van der Waals surface area contributed by atoms with E-state index in [9.17, 15) is 9.59 Å². The number of carbonyl (C=O) groups is 1. The van der Waals surface area contributed by atoms with E-state index in [1.165, 1.54) is 22.5 Å². The third-order valence-electron chi connectivity index (χ3n) is 7.47. The molecule has 8 nitrogen and oxygen atoms in total. The van der Waals surface area contributed by atoms with Crippen LogP contribution in [0.25, 0.3) is 11.8 Å². The summed E-state index contributed by atoms with van der Waals surface area (Å²) in [4.78, 5) is 32.7. The zero-order valence-electron chi connectivity index (χ0n) is 25.2. The first-order valence-electron chi connectivity index (χ1n) is 13.8. The van der Waals surface area contributed by atoms with Gasteiger partial charge in [-0.3, -0.25) is 9.36 Å². The van der Waals surface area contributed by atoms with E-state index in [1.807, 2.05) is 6.08 Å². The maximum atomic E-state index is 14.2. The fourth-order valence-electron chi connectivity index (χ4n) is 5.69.